The van der Waals surface area contributed by atoms with Gasteiger partial charge in [0.1, 0.15) is 0 Å². The summed E-state index contributed by atoms with van der Waals surface area (Å²) in [5, 5.41) is 0. The van der Waals surface area contributed by atoms with Gasteiger partial charge in [0.2, 0.25) is 10.0 Å². The Morgan fingerprint density at radius 1 is 1.04 bits per heavy atom. The number of thioether (sulfide) groups is 1. The van der Waals surface area contributed by atoms with Gasteiger partial charge in [-0.25, -0.2) is 13.1 Å². The van der Waals surface area contributed by atoms with E-state index in [4.69, 9.17) is 0 Å². The van der Waals surface area contributed by atoms with Crippen molar-refractivity contribution in [3.05, 3.63) is 59.2 Å². The second-order valence-electron chi connectivity index (χ2n) is 6.64. The molecular weight excluding hydrogens is 350 g/mol. The van der Waals surface area contributed by atoms with Crippen molar-refractivity contribution in [2.45, 2.75) is 43.9 Å². The summed E-state index contributed by atoms with van der Waals surface area (Å²) in [5.41, 5.74) is 2.69. The van der Waals surface area contributed by atoms with E-state index >= 15 is 0 Å². The molecule has 0 saturated heterocycles. The van der Waals surface area contributed by atoms with E-state index < -0.39 is 10.0 Å². The van der Waals surface area contributed by atoms with E-state index in [1.165, 1.54) is 4.90 Å². The molecule has 0 aliphatic rings. The molecule has 0 saturated carbocycles. The van der Waals surface area contributed by atoms with Crippen molar-refractivity contribution in [2.75, 3.05) is 12.3 Å². The summed E-state index contributed by atoms with van der Waals surface area (Å²) in [6.07, 6.45) is 0.966. The molecule has 0 amide bonds. The van der Waals surface area contributed by atoms with Gasteiger partial charge in [-0.15, -0.1) is 11.8 Å². The predicted octanol–water partition coefficient (Wildman–Crippen LogP) is 4.71. The lowest BCUT2D eigenvalue weighted by molar-refractivity contribution is 0.530. The van der Waals surface area contributed by atoms with Crippen LogP contribution in [-0.4, -0.2) is 20.7 Å². The maximum absolute atomic E-state index is 12.7. The van der Waals surface area contributed by atoms with Crippen LogP contribution in [0.15, 0.2) is 52.3 Å². The lowest BCUT2D eigenvalue weighted by Gasteiger charge is -2.16. The first-order valence-electron chi connectivity index (χ1n) is 8.55. The molecule has 136 valence electrons. The number of benzene rings is 2. The van der Waals surface area contributed by atoms with E-state index in [1.807, 2.05) is 62.9 Å². The lowest BCUT2D eigenvalue weighted by Crippen LogP contribution is -2.29. The zero-order chi connectivity index (χ0) is 18.4. The minimum Gasteiger partial charge on any atom is -0.211 e. The van der Waals surface area contributed by atoms with Crippen molar-refractivity contribution in [2.24, 2.45) is 5.92 Å². The Morgan fingerprint density at radius 2 is 1.64 bits per heavy atom. The first-order valence-corrected chi connectivity index (χ1v) is 11.0. The molecule has 5 heteroatoms. The lowest BCUT2D eigenvalue weighted by atomic mass is 10.1. The minimum absolute atomic E-state index is 0.289. The second kappa shape index (κ2) is 8.88. The van der Waals surface area contributed by atoms with Crippen LogP contribution in [0.4, 0.5) is 0 Å². The molecule has 3 nitrogen and oxygen atoms in total. The Hall–Kier alpha value is -1.30. The Labute approximate surface area is 156 Å². The molecule has 1 atom stereocenters. The summed E-state index contributed by atoms with van der Waals surface area (Å²) in [5.74, 6) is 1.27. The van der Waals surface area contributed by atoms with E-state index in [9.17, 15) is 8.42 Å². The molecule has 0 fully saturated rings. The van der Waals surface area contributed by atoms with Crippen LogP contribution in [0.2, 0.25) is 0 Å². The van der Waals surface area contributed by atoms with E-state index in [1.54, 1.807) is 0 Å². The minimum atomic E-state index is -3.47. The van der Waals surface area contributed by atoms with E-state index in [2.05, 4.69) is 23.8 Å². The predicted molar refractivity (Wildman–Crippen MR) is 107 cm³/mol. The number of rotatable bonds is 8. The fraction of sp³-hybridized carbons (Fsp3) is 0.400. The van der Waals surface area contributed by atoms with Crippen LogP contribution in [0, 0.1) is 26.7 Å². The van der Waals surface area contributed by atoms with Crippen LogP contribution in [-0.2, 0) is 10.0 Å². The molecule has 0 aliphatic carbocycles. The average Bonchev–Trinajstić information content (AvgIpc) is 2.53. The third-order valence-corrected chi connectivity index (χ3v) is 6.89. The average molecular weight is 378 g/mol. The molecule has 0 radical (unpaired) electrons. The number of hydrogen-bond donors (Lipinski definition) is 1. The van der Waals surface area contributed by atoms with Gasteiger partial charge in [-0.1, -0.05) is 42.8 Å². The normalized spacial score (nSPS) is 13.0. The number of aryl methyl sites for hydroxylation is 3. The van der Waals surface area contributed by atoms with E-state index in [0.29, 0.717) is 11.4 Å². The Bertz CT molecular complexity index is 779. The van der Waals surface area contributed by atoms with E-state index in [0.717, 1.165) is 28.9 Å². The molecule has 0 aliphatic heterocycles. The van der Waals surface area contributed by atoms with Crippen molar-refractivity contribution >= 4 is 21.8 Å². The summed E-state index contributed by atoms with van der Waals surface area (Å²) in [6, 6.07) is 14.1. The highest BCUT2D eigenvalue weighted by atomic mass is 32.2. The summed E-state index contributed by atoms with van der Waals surface area (Å²) < 4.78 is 28.1. The van der Waals surface area contributed by atoms with Gasteiger partial charge in [0.05, 0.1) is 4.90 Å². The van der Waals surface area contributed by atoms with Crippen LogP contribution >= 0.6 is 11.8 Å². The van der Waals surface area contributed by atoms with Crippen molar-refractivity contribution in [3.63, 3.8) is 0 Å². The number of hydrogen-bond acceptors (Lipinski definition) is 3. The summed E-state index contributed by atoms with van der Waals surface area (Å²) >= 11 is 1.81. The second-order valence-corrected chi connectivity index (χ2v) is 9.51. The Balaban J connectivity index is 1.89. The maximum atomic E-state index is 12.7. The van der Waals surface area contributed by atoms with Crippen LogP contribution in [0.5, 0.6) is 0 Å². The number of nitrogens with one attached hydrogen (secondary N) is 1. The van der Waals surface area contributed by atoms with Gasteiger partial charge in [0.25, 0.3) is 0 Å². The zero-order valence-electron chi connectivity index (χ0n) is 15.4. The van der Waals surface area contributed by atoms with Gasteiger partial charge in [-0.05, 0) is 62.1 Å². The highest BCUT2D eigenvalue weighted by molar-refractivity contribution is 7.99. The summed E-state index contributed by atoms with van der Waals surface area (Å²) in [7, 11) is -3.47. The van der Waals surface area contributed by atoms with Gasteiger partial charge >= 0.3 is 0 Å². The molecule has 25 heavy (non-hydrogen) atoms. The van der Waals surface area contributed by atoms with Gasteiger partial charge in [0, 0.05) is 11.4 Å². The van der Waals surface area contributed by atoms with Crippen molar-refractivity contribution in [1.82, 2.24) is 4.72 Å². The van der Waals surface area contributed by atoms with Crippen molar-refractivity contribution in [1.29, 1.82) is 0 Å². The molecule has 0 aromatic heterocycles. The fourth-order valence-electron chi connectivity index (χ4n) is 2.91. The molecule has 2 aromatic rings. The van der Waals surface area contributed by atoms with Crippen LogP contribution in [0.1, 0.15) is 30.0 Å². The number of sulfonamides is 1. The largest absolute Gasteiger partial charge is 0.241 e. The maximum Gasteiger partial charge on any atom is 0.241 e. The highest BCUT2D eigenvalue weighted by Crippen LogP contribution is 2.22. The Kier molecular flexibility index (Phi) is 7.11. The smallest absolute Gasteiger partial charge is 0.211 e. The fourth-order valence-corrected chi connectivity index (χ4v) is 5.63. The molecule has 0 heterocycles. The van der Waals surface area contributed by atoms with Gasteiger partial charge < -0.3 is 0 Å². The highest BCUT2D eigenvalue weighted by Gasteiger charge is 2.20. The zero-order valence-corrected chi connectivity index (χ0v) is 17.0. The molecule has 2 rings (SSSR count). The molecule has 1 unspecified atom stereocenters. The molecule has 1 N–H and O–H groups in total. The third-order valence-electron chi connectivity index (χ3n) is 4.12. The molecule has 0 bridgehead atoms. The Morgan fingerprint density at radius 3 is 2.24 bits per heavy atom. The third kappa shape index (κ3) is 5.87. The first-order chi connectivity index (χ1) is 11.8. The van der Waals surface area contributed by atoms with Crippen molar-refractivity contribution in [3.8, 4) is 0 Å². The summed E-state index contributed by atoms with van der Waals surface area (Å²) in [4.78, 5) is 1.67. The molecular formula is C20H27NO2S2. The first kappa shape index (κ1) is 20.0. The quantitative estimate of drug-likeness (QED) is 0.678. The van der Waals surface area contributed by atoms with Gasteiger partial charge in [-0.3, -0.25) is 0 Å². The van der Waals surface area contributed by atoms with Gasteiger partial charge in [-0.2, -0.15) is 0 Å². The molecule has 2 aromatic carbocycles. The van der Waals surface area contributed by atoms with Crippen molar-refractivity contribution < 1.29 is 8.42 Å². The van der Waals surface area contributed by atoms with Crippen LogP contribution in [0.3, 0.4) is 0 Å². The molecule has 0 spiro atoms. The standard InChI is InChI=1S/C20H27NO2S2/c1-15(10-11-24-19-8-6-5-7-9-19)14-21-25(22,23)20-17(3)12-16(2)13-18(20)4/h5-9,12-13,15,21H,10-11,14H2,1-4H3. The monoisotopic (exact) mass is 377 g/mol. The topological polar surface area (TPSA) is 46.2 Å². The van der Waals surface area contributed by atoms with E-state index in [-0.39, 0.29) is 5.92 Å². The SMILES string of the molecule is Cc1cc(C)c(S(=O)(=O)NCC(C)CCSc2ccccc2)c(C)c1. The summed E-state index contributed by atoms with van der Waals surface area (Å²) in [6.45, 7) is 8.24. The van der Waals surface area contributed by atoms with Crippen LogP contribution < -0.4 is 4.72 Å². The van der Waals surface area contributed by atoms with Crippen LogP contribution in [0.25, 0.3) is 0 Å². The van der Waals surface area contributed by atoms with Gasteiger partial charge in [0.15, 0.2) is 0 Å².